The van der Waals surface area contributed by atoms with Crippen molar-refractivity contribution in [2.45, 2.75) is 25.8 Å². The van der Waals surface area contributed by atoms with Gasteiger partial charge in [-0.3, -0.25) is 4.79 Å². The van der Waals surface area contributed by atoms with Crippen LogP contribution in [-0.2, 0) is 0 Å². The van der Waals surface area contributed by atoms with Crippen molar-refractivity contribution >= 4 is 33.9 Å². The summed E-state index contributed by atoms with van der Waals surface area (Å²) >= 11 is 0. The van der Waals surface area contributed by atoms with Crippen LogP contribution in [-0.4, -0.2) is 33.1 Å². The second-order valence-electron chi connectivity index (χ2n) is 6.95. The van der Waals surface area contributed by atoms with E-state index in [0.717, 1.165) is 17.7 Å². The van der Waals surface area contributed by atoms with Crippen molar-refractivity contribution in [2.24, 2.45) is 0 Å². The molecule has 4 heterocycles. The van der Waals surface area contributed by atoms with E-state index in [4.69, 9.17) is 4.42 Å². The van der Waals surface area contributed by atoms with Gasteiger partial charge in [-0.25, -0.2) is 9.50 Å². The Balaban J connectivity index is 1.47. The minimum absolute atomic E-state index is 0.195. The van der Waals surface area contributed by atoms with Crippen LogP contribution in [0, 0.1) is 0 Å². The van der Waals surface area contributed by atoms with Crippen LogP contribution in [0.15, 0.2) is 53.5 Å². The van der Waals surface area contributed by atoms with Crippen LogP contribution in [0.4, 0.5) is 11.4 Å². The van der Waals surface area contributed by atoms with Gasteiger partial charge in [-0.1, -0.05) is 0 Å². The first kappa shape index (κ1) is 15.9. The molecule has 7 heteroatoms. The first-order valence-electron chi connectivity index (χ1n) is 9.08. The average Bonchev–Trinajstić information content (AvgIpc) is 3.39. The van der Waals surface area contributed by atoms with Crippen molar-refractivity contribution in [2.75, 3.05) is 16.8 Å². The molecule has 1 amide bonds. The molecule has 0 spiro atoms. The Morgan fingerprint density at radius 3 is 3.07 bits per heavy atom. The highest BCUT2D eigenvalue weighted by Crippen LogP contribution is 2.27. The maximum atomic E-state index is 12.8. The van der Waals surface area contributed by atoms with Gasteiger partial charge < -0.3 is 14.6 Å². The van der Waals surface area contributed by atoms with Gasteiger partial charge in [0.25, 0.3) is 5.91 Å². The van der Waals surface area contributed by atoms with Crippen molar-refractivity contribution in [3.63, 3.8) is 0 Å². The van der Waals surface area contributed by atoms with Gasteiger partial charge in [-0.15, -0.1) is 0 Å². The lowest BCUT2D eigenvalue weighted by atomic mass is 10.2. The molecule has 1 unspecified atom stereocenters. The number of amides is 1. The smallest absolute Gasteiger partial charge is 0.259 e. The summed E-state index contributed by atoms with van der Waals surface area (Å²) in [5, 5.41) is 7.25. The van der Waals surface area contributed by atoms with Crippen molar-refractivity contribution in [1.82, 2.24) is 14.6 Å². The van der Waals surface area contributed by atoms with Crippen molar-refractivity contribution in [1.29, 1.82) is 0 Å². The maximum Gasteiger partial charge on any atom is 0.259 e. The van der Waals surface area contributed by atoms with E-state index in [9.17, 15) is 4.79 Å². The highest BCUT2D eigenvalue weighted by atomic mass is 16.3. The summed E-state index contributed by atoms with van der Waals surface area (Å²) in [5.41, 5.74) is 4.54. The lowest BCUT2D eigenvalue weighted by Gasteiger charge is -2.23. The molecule has 1 N–H and O–H groups in total. The van der Waals surface area contributed by atoms with Gasteiger partial charge >= 0.3 is 0 Å². The standard InChI is InChI=1S/C20H19N5O2/c1-13-3-2-7-24(13)15-6-8-25-18(10-15)16(11-22-25)20(26)23-14-4-5-19-17(9-14)21-12-27-19/h4-6,8-13H,2-3,7H2,1H3,(H,23,26). The van der Waals surface area contributed by atoms with Crippen LogP contribution in [0.1, 0.15) is 30.1 Å². The minimum Gasteiger partial charge on any atom is -0.443 e. The number of nitrogens with zero attached hydrogens (tertiary/aromatic N) is 4. The summed E-state index contributed by atoms with van der Waals surface area (Å²) in [6.07, 6.45) is 7.30. The molecular formula is C20H19N5O2. The molecular weight excluding hydrogens is 342 g/mol. The van der Waals surface area contributed by atoms with Crippen molar-refractivity contribution < 1.29 is 9.21 Å². The van der Waals surface area contributed by atoms with Crippen molar-refractivity contribution in [3.8, 4) is 0 Å². The van der Waals surface area contributed by atoms with Gasteiger partial charge in [0.1, 0.15) is 5.52 Å². The molecule has 27 heavy (non-hydrogen) atoms. The number of carbonyl (C=O) groups is 1. The van der Waals surface area contributed by atoms with Crippen LogP contribution in [0.2, 0.25) is 0 Å². The van der Waals surface area contributed by atoms with Gasteiger partial charge in [0.2, 0.25) is 0 Å². The largest absolute Gasteiger partial charge is 0.443 e. The number of carbonyl (C=O) groups excluding carboxylic acids is 1. The fraction of sp³-hybridized carbons (Fsp3) is 0.250. The summed E-state index contributed by atoms with van der Waals surface area (Å²) < 4.78 is 6.97. The third-order valence-electron chi connectivity index (χ3n) is 5.22. The van der Waals surface area contributed by atoms with Crippen LogP contribution < -0.4 is 10.2 Å². The van der Waals surface area contributed by atoms with E-state index >= 15 is 0 Å². The zero-order valence-electron chi connectivity index (χ0n) is 14.9. The molecule has 3 aromatic heterocycles. The third-order valence-corrected chi connectivity index (χ3v) is 5.22. The lowest BCUT2D eigenvalue weighted by molar-refractivity contribution is 0.102. The number of rotatable bonds is 3. The number of oxazole rings is 1. The molecule has 7 nitrogen and oxygen atoms in total. The van der Waals surface area contributed by atoms with E-state index in [-0.39, 0.29) is 5.91 Å². The monoisotopic (exact) mass is 361 g/mol. The Kier molecular flexibility index (Phi) is 3.60. The number of anilines is 2. The Bertz CT molecular complexity index is 1150. The third kappa shape index (κ3) is 2.71. The summed E-state index contributed by atoms with van der Waals surface area (Å²) in [6.45, 7) is 3.28. The highest BCUT2D eigenvalue weighted by Gasteiger charge is 2.22. The molecule has 1 saturated heterocycles. The average molecular weight is 361 g/mol. The molecule has 1 aliphatic rings. The number of nitrogens with one attached hydrogen (secondary N) is 1. The maximum absolute atomic E-state index is 12.8. The zero-order valence-corrected chi connectivity index (χ0v) is 14.9. The molecule has 1 aromatic carbocycles. The summed E-state index contributed by atoms with van der Waals surface area (Å²) in [7, 11) is 0. The molecule has 0 saturated carbocycles. The van der Waals surface area contributed by atoms with E-state index in [1.54, 1.807) is 28.9 Å². The van der Waals surface area contributed by atoms with Gasteiger partial charge in [0, 0.05) is 30.2 Å². The number of hydrogen-bond donors (Lipinski definition) is 1. The van der Waals surface area contributed by atoms with Gasteiger partial charge in [-0.2, -0.15) is 5.10 Å². The first-order valence-corrected chi connectivity index (χ1v) is 9.08. The van der Waals surface area contributed by atoms with E-state index in [0.29, 0.717) is 28.4 Å². The first-order chi connectivity index (χ1) is 13.2. The second kappa shape index (κ2) is 6.12. The van der Waals surface area contributed by atoms with Gasteiger partial charge in [0.05, 0.1) is 17.3 Å². The van der Waals surface area contributed by atoms with E-state index in [1.165, 1.54) is 19.2 Å². The van der Waals surface area contributed by atoms with E-state index in [2.05, 4.69) is 33.3 Å². The Hall–Kier alpha value is -3.35. The van der Waals surface area contributed by atoms with Crippen LogP contribution in [0.3, 0.4) is 0 Å². The molecule has 5 rings (SSSR count). The van der Waals surface area contributed by atoms with Crippen molar-refractivity contribution in [3.05, 3.63) is 54.7 Å². The fourth-order valence-electron chi connectivity index (χ4n) is 3.77. The normalized spacial score (nSPS) is 17.1. The minimum atomic E-state index is -0.195. The Labute approximate surface area is 155 Å². The van der Waals surface area contributed by atoms with E-state index < -0.39 is 0 Å². The number of fused-ring (bicyclic) bond motifs is 2. The SMILES string of the molecule is CC1CCCN1c1ccn2ncc(C(=O)Nc3ccc4ocnc4c3)c2c1. The predicted molar refractivity (Wildman–Crippen MR) is 103 cm³/mol. The van der Waals surface area contributed by atoms with Gasteiger partial charge in [0.15, 0.2) is 12.0 Å². The second-order valence-corrected chi connectivity index (χ2v) is 6.95. The Morgan fingerprint density at radius 1 is 1.30 bits per heavy atom. The van der Waals surface area contributed by atoms with Crippen LogP contribution in [0.25, 0.3) is 16.6 Å². The molecule has 1 aliphatic heterocycles. The topological polar surface area (TPSA) is 75.7 Å². The molecule has 0 radical (unpaired) electrons. The number of aromatic nitrogens is 3. The predicted octanol–water partition coefficient (Wildman–Crippen LogP) is 3.72. The molecule has 136 valence electrons. The van der Waals surface area contributed by atoms with Crippen LogP contribution >= 0.6 is 0 Å². The highest BCUT2D eigenvalue weighted by molar-refractivity contribution is 6.09. The quantitative estimate of drug-likeness (QED) is 0.602. The Morgan fingerprint density at radius 2 is 2.22 bits per heavy atom. The molecule has 4 aromatic rings. The number of hydrogen-bond acceptors (Lipinski definition) is 5. The number of benzene rings is 1. The fourth-order valence-corrected chi connectivity index (χ4v) is 3.77. The zero-order chi connectivity index (χ0) is 18.4. The lowest BCUT2D eigenvalue weighted by Crippen LogP contribution is -2.26. The molecule has 0 bridgehead atoms. The molecule has 1 fully saturated rings. The summed E-state index contributed by atoms with van der Waals surface area (Å²) in [4.78, 5) is 19.3. The molecule has 1 atom stereocenters. The summed E-state index contributed by atoms with van der Waals surface area (Å²) in [6, 6.07) is 10.0. The molecule has 0 aliphatic carbocycles. The van der Waals surface area contributed by atoms with E-state index in [1.807, 2.05) is 12.3 Å². The van der Waals surface area contributed by atoms with Crippen LogP contribution in [0.5, 0.6) is 0 Å². The summed E-state index contributed by atoms with van der Waals surface area (Å²) in [5.74, 6) is -0.195. The van der Waals surface area contributed by atoms with Gasteiger partial charge in [-0.05, 0) is 50.1 Å². The number of pyridine rings is 1.